The van der Waals surface area contributed by atoms with Gasteiger partial charge in [0.25, 0.3) is 0 Å². The Kier molecular flexibility index (Phi) is 5.60. The standard InChI is InChI=1S/C22H17Cl2NO3/c1-13(26)18-11-19(14-3-7-16(23)8-4-14)22(12-25,21(27)28-2)20(18)15-5-9-17(24)10-6-15/h3-11,18,20H,1-2H3/t18-,20-,22-/m0/s1. The third-order valence-electron chi connectivity index (χ3n) is 5.13. The minimum Gasteiger partial charge on any atom is -0.468 e. The molecule has 0 unspecified atom stereocenters. The molecule has 0 aromatic heterocycles. The summed E-state index contributed by atoms with van der Waals surface area (Å²) in [5, 5.41) is 11.3. The van der Waals surface area contributed by atoms with Gasteiger partial charge in [-0.25, -0.2) is 4.79 Å². The molecule has 0 amide bonds. The molecule has 0 bridgehead atoms. The molecular weight excluding hydrogens is 397 g/mol. The van der Waals surface area contributed by atoms with Crippen molar-refractivity contribution in [2.75, 3.05) is 7.11 Å². The second-order valence-corrected chi connectivity index (χ2v) is 7.54. The van der Waals surface area contributed by atoms with Crippen molar-refractivity contribution in [3.8, 4) is 6.07 Å². The number of carbonyl (C=O) groups is 2. The molecule has 0 heterocycles. The topological polar surface area (TPSA) is 67.2 Å². The number of nitriles is 1. The van der Waals surface area contributed by atoms with Gasteiger partial charge in [-0.15, -0.1) is 0 Å². The minimum atomic E-state index is -1.67. The number of ketones is 1. The van der Waals surface area contributed by atoms with Gasteiger partial charge in [0.2, 0.25) is 0 Å². The molecule has 6 heteroatoms. The molecule has 4 nitrogen and oxygen atoms in total. The summed E-state index contributed by atoms with van der Waals surface area (Å²) in [6, 6.07) is 15.8. The van der Waals surface area contributed by atoms with E-state index in [-0.39, 0.29) is 5.78 Å². The molecule has 0 fully saturated rings. The van der Waals surface area contributed by atoms with E-state index >= 15 is 0 Å². The number of ether oxygens (including phenoxy) is 1. The maximum Gasteiger partial charge on any atom is 0.331 e. The maximum atomic E-state index is 13.0. The van der Waals surface area contributed by atoms with Crippen molar-refractivity contribution in [1.29, 1.82) is 5.26 Å². The molecule has 28 heavy (non-hydrogen) atoms. The number of esters is 1. The summed E-state index contributed by atoms with van der Waals surface area (Å²) < 4.78 is 5.04. The fourth-order valence-electron chi connectivity index (χ4n) is 3.85. The smallest absolute Gasteiger partial charge is 0.331 e. The van der Waals surface area contributed by atoms with Crippen molar-refractivity contribution in [2.45, 2.75) is 12.8 Å². The van der Waals surface area contributed by atoms with Crippen molar-refractivity contribution in [2.24, 2.45) is 11.3 Å². The van der Waals surface area contributed by atoms with Gasteiger partial charge in [0.05, 0.1) is 13.2 Å². The van der Waals surface area contributed by atoms with E-state index in [1.165, 1.54) is 14.0 Å². The highest BCUT2D eigenvalue weighted by atomic mass is 35.5. The van der Waals surface area contributed by atoms with Crippen LogP contribution in [0.1, 0.15) is 24.0 Å². The summed E-state index contributed by atoms with van der Waals surface area (Å²) in [6.07, 6.45) is 1.70. The van der Waals surface area contributed by atoms with Crippen LogP contribution in [0.15, 0.2) is 54.6 Å². The van der Waals surface area contributed by atoms with Crippen molar-refractivity contribution in [3.05, 3.63) is 75.8 Å². The van der Waals surface area contributed by atoms with E-state index in [9.17, 15) is 14.9 Å². The number of halogens is 2. The van der Waals surface area contributed by atoms with Crippen LogP contribution < -0.4 is 0 Å². The number of nitrogens with zero attached hydrogens (tertiary/aromatic N) is 1. The molecule has 0 saturated carbocycles. The fourth-order valence-corrected chi connectivity index (χ4v) is 4.10. The largest absolute Gasteiger partial charge is 0.468 e. The summed E-state index contributed by atoms with van der Waals surface area (Å²) in [5.41, 5.74) is 0.0710. The van der Waals surface area contributed by atoms with Crippen LogP contribution in [0.3, 0.4) is 0 Å². The van der Waals surface area contributed by atoms with E-state index in [4.69, 9.17) is 27.9 Å². The molecule has 0 N–H and O–H groups in total. The quantitative estimate of drug-likeness (QED) is 0.656. The number of carbonyl (C=O) groups excluding carboxylic acids is 2. The van der Waals surface area contributed by atoms with Gasteiger partial charge < -0.3 is 4.74 Å². The van der Waals surface area contributed by atoms with Gasteiger partial charge in [-0.3, -0.25) is 4.79 Å². The zero-order chi connectivity index (χ0) is 20.5. The first-order valence-corrected chi connectivity index (χ1v) is 9.34. The Morgan fingerprint density at radius 3 is 2.04 bits per heavy atom. The molecule has 1 aliphatic rings. The van der Waals surface area contributed by atoms with Crippen LogP contribution in [0.4, 0.5) is 0 Å². The molecule has 2 aromatic carbocycles. The van der Waals surface area contributed by atoms with Crippen LogP contribution in [-0.4, -0.2) is 18.9 Å². The summed E-state index contributed by atoms with van der Waals surface area (Å²) in [7, 11) is 1.24. The van der Waals surface area contributed by atoms with Crippen molar-refractivity contribution >= 4 is 40.5 Å². The number of Topliss-reactive ketones (excluding diaryl/α,β-unsaturated/α-hetero) is 1. The molecule has 1 aliphatic carbocycles. The molecule has 0 saturated heterocycles. The third-order valence-corrected chi connectivity index (χ3v) is 5.64. The molecule has 2 aromatic rings. The zero-order valence-electron chi connectivity index (χ0n) is 15.3. The van der Waals surface area contributed by atoms with Gasteiger partial charge in [-0.1, -0.05) is 53.5 Å². The van der Waals surface area contributed by atoms with Gasteiger partial charge in [-0.2, -0.15) is 5.26 Å². The first-order valence-electron chi connectivity index (χ1n) is 8.59. The molecule has 0 aliphatic heterocycles. The average molecular weight is 414 g/mol. The summed E-state index contributed by atoms with van der Waals surface area (Å²) >= 11 is 12.0. The lowest BCUT2D eigenvalue weighted by molar-refractivity contribution is -0.147. The van der Waals surface area contributed by atoms with Gasteiger partial charge in [-0.05, 0) is 47.9 Å². The van der Waals surface area contributed by atoms with Crippen LogP contribution in [-0.2, 0) is 14.3 Å². The maximum absolute atomic E-state index is 13.0. The minimum absolute atomic E-state index is 0.146. The number of rotatable bonds is 4. The summed E-state index contributed by atoms with van der Waals surface area (Å²) in [5.74, 6) is -2.25. The predicted octanol–water partition coefficient (Wildman–Crippen LogP) is 5.06. The predicted molar refractivity (Wildman–Crippen MR) is 108 cm³/mol. The van der Waals surface area contributed by atoms with Crippen LogP contribution in [0.2, 0.25) is 10.0 Å². The Labute approximate surface area is 173 Å². The highest BCUT2D eigenvalue weighted by Crippen LogP contribution is 2.57. The molecule has 0 radical (unpaired) electrons. The van der Waals surface area contributed by atoms with E-state index in [0.717, 1.165) is 0 Å². The van der Waals surface area contributed by atoms with E-state index in [1.807, 2.05) is 0 Å². The average Bonchev–Trinajstić information content (AvgIpc) is 3.05. The van der Waals surface area contributed by atoms with E-state index in [2.05, 4.69) is 6.07 Å². The van der Waals surface area contributed by atoms with Gasteiger partial charge in [0, 0.05) is 21.9 Å². The lowest BCUT2D eigenvalue weighted by Gasteiger charge is -2.32. The summed E-state index contributed by atoms with van der Waals surface area (Å²) in [4.78, 5) is 25.5. The Hall–Kier alpha value is -2.61. The molecule has 142 valence electrons. The van der Waals surface area contributed by atoms with Crippen LogP contribution >= 0.6 is 23.2 Å². The van der Waals surface area contributed by atoms with Crippen LogP contribution in [0.5, 0.6) is 0 Å². The number of hydrogen-bond acceptors (Lipinski definition) is 4. The van der Waals surface area contributed by atoms with E-state index in [1.54, 1.807) is 54.6 Å². The highest BCUT2D eigenvalue weighted by molar-refractivity contribution is 6.30. The van der Waals surface area contributed by atoms with Crippen molar-refractivity contribution < 1.29 is 14.3 Å². The molecule has 3 rings (SSSR count). The van der Waals surface area contributed by atoms with Crippen LogP contribution in [0, 0.1) is 22.7 Å². The second-order valence-electron chi connectivity index (χ2n) is 6.66. The number of benzene rings is 2. The first-order chi connectivity index (χ1) is 13.3. The van der Waals surface area contributed by atoms with Crippen LogP contribution in [0.25, 0.3) is 5.57 Å². The Morgan fingerprint density at radius 2 is 1.57 bits per heavy atom. The Balaban J connectivity index is 2.29. The zero-order valence-corrected chi connectivity index (χ0v) is 16.8. The first kappa shape index (κ1) is 20.1. The van der Waals surface area contributed by atoms with Gasteiger partial charge in [0.15, 0.2) is 5.41 Å². The summed E-state index contributed by atoms with van der Waals surface area (Å²) in [6.45, 7) is 1.45. The van der Waals surface area contributed by atoms with Crippen molar-refractivity contribution in [3.63, 3.8) is 0 Å². The molecule has 0 spiro atoms. The van der Waals surface area contributed by atoms with E-state index < -0.39 is 23.2 Å². The number of methoxy groups -OCH3 is 1. The highest BCUT2D eigenvalue weighted by Gasteiger charge is 2.59. The number of hydrogen-bond donors (Lipinski definition) is 0. The van der Waals surface area contributed by atoms with Gasteiger partial charge in [0.1, 0.15) is 5.78 Å². The number of allylic oxidation sites excluding steroid dienone is 1. The lowest BCUT2D eigenvalue weighted by Crippen LogP contribution is -2.38. The Morgan fingerprint density at radius 1 is 1.04 bits per heavy atom. The molecular formula is C22H17Cl2NO3. The monoisotopic (exact) mass is 413 g/mol. The lowest BCUT2D eigenvalue weighted by atomic mass is 9.67. The fraction of sp³-hybridized carbons (Fsp3) is 0.227. The third kappa shape index (κ3) is 3.22. The van der Waals surface area contributed by atoms with Gasteiger partial charge >= 0.3 is 5.97 Å². The Bertz CT molecular complexity index is 990. The molecule has 3 atom stereocenters. The van der Waals surface area contributed by atoms with Crippen molar-refractivity contribution in [1.82, 2.24) is 0 Å². The van der Waals surface area contributed by atoms with E-state index in [0.29, 0.717) is 26.7 Å². The normalized spacial score (nSPS) is 23.6. The second kappa shape index (κ2) is 7.79. The SMILES string of the molecule is COC(=O)[C@@]1(C#N)C(c2ccc(Cl)cc2)=C[C@@H](C(C)=O)[C@@H]1c1ccc(Cl)cc1.